The summed E-state index contributed by atoms with van der Waals surface area (Å²) >= 11 is 0. The average Bonchev–Trinajstić information content (AvgIpc) is 3.21. The van der Waals surface area contributed by atoms with E-state index < -0.39 is 0 Å². The van der Waals surface area contributed by atoms with Gasteiger partial charge in [0.1, 0.15) is 5.75 Å². The molecular formula is C25H25N3O3. The van der Waals surface area contributed by atoms with Crippen LogP contribution in [-0.4, -0.2) is 25.6 Å². The molecule has 3 aromatic rings. The highest BCUT2D eigenvalue weighted by Crippen LogP contribution is 2.30. The standard InChI is InChI=1S/C25H25N3O3/c1-17-6-5-7-20(14-17)24(29)28-13-12-19-11-10-18(15-22(19)28)16-26-25(30)27-21-8-3-4-9-23(21)31-2/h3-11,14-15H,12-13,16H2,1-2H3,(H2,26,27,30). The summed E-state index contributed by atoms with van der Waals surface area (Å²) in [6.07, 6.45) is 0.828. The van der Waals surface area contributed by atoms with E-state index >= 15 is 0 Å². The molecule has 0 saturated heterocycles. The Labute approximate surface area is 181 Å². The number of urea groups is 1. The molecule has 3 aromatic carbocycles. The van der Waals surface area contributed by atoms with Crippen molar-refractivity contribution in [2.45, 2.75) is 19.9 Å². The van der Waals surface area contributed by atoms with Gasteiger partial charge in [-0.2, -0.15) is 0 Å². The molecule has 0 bridgehead atoms. The van der Waals surface area contributed by atoms with Gasteiger partial charge in [-0.05, 0) is 54.8 Å². The minimum Gasteiger partial charge on any atom is -0.495 e. The minimum atomic E-state index is -0.322. The van der Waals surface area contributed by atoms with E-state index in [9.17, 15) is 9.59 Å². The van der Waals surface area contributed by atoms with Crippen molar-refractivity contribution in [2.75, 3.05) is 23.9 Å². The first-order valence-electron chi connectivity index (χ1n) is 10.2. The quantitative estimate of drug-likeness (QED) is 0.643. The van der Waals surface area contributed by atoms with E-state index in [0.29, 0.717) is 30.1 Å². The highest BCUT2D eigenvalue weighted by molar-refractivity contribution is 6.07. The Morgan fingerprint density at radius 3 is 2.68 bits per heavy atom. The Bertz CT molecular complexity index is 1130. The number of hydrogen-bond donors (Lipinski definition) is 2. The van der Waals surface area contributed by atoms with Crippen molar-refractivity contribution in [3.05, 3.63) is 89.0 Å². The van der Waals surface area contributed by atoms with Crippen LogP contribution in [0.1, 0.15) is 27.0 Å². The van der Waals surface area contributed by atoms with Crippen LogP contribution >= 0.6 is 0 Å². The topological polar surface area (TPSA) is 70.7 Å². The maximum atomic E-state index is 13.0. The molecule has 0 radical (unpaired) electrons. The number of methoxy groups -OCH3 is 1. The normalized spacial score (nSPS) is 12.3. The summed E-state index contributed by atoms with van der Waals surface area (Å²) in [7, 11) is 1.56. The average molecular weight is 415 g/mol. The first-order chi connectivity index (χ1) is 15.0. The van der Waals surface area contributed by atoms with E-state index in [2.05, 4.69) is 10.6 Å². The van der Waals surface area contributed by atoms with Crippen LogP contribution < -0.4 is 20.3 Å². The van der Waals surface area contributed by atoms with E-state index in [1.165, 1.54) is 0 Å². The molecule has 0 fully saturated rings. The Kier molecular flexibility index (Phi) is 5.89. The first kappa shape index (κ1) is 20.5. The first-order valence-corrected chi connectivity index (χ1v) is 10.2. The number of rotatable bonds is 5. The third kappa shape index (κ3) is 4.53. The fraction of sp³-hybridized carbons (Fsp3) is 0.200. The van der Waals surface area contributed by atoms with Gasteiger partial charge in [0, 0.05) is 24.3 Å². The number of benzene rings is 3. The molecule has 3 amide bonds. The summed E-state index contributed by atoms with van der Waals surface area (Å²) < 4.78 is 5.26. The molecule has 31 heavy (non-hydrogen) atoms. The molecule has 6 heteroatoms. The largest absolute Gasteiger partial charge is 0.495 e. The number of fused-ring (bicyclic) bond motifs is 1. The van der Waals surface area contributed by atoms with Gasteiger partial charge in [-0.25, -0.2) is 4.79 Å². The molecule has 6 nitrogen and oxygen atoms in total. The van der Waals surface area contributed by atoms with Crippen molar-refractivity contribution in [1.82, 2.24) is 5.32 Å². The molecule has 0 spiro atoms. The monoisotopic (exact) mass is 415 g/mol. The van der Waals surface area contributed by atoms with Crippen LogP contribution in [0.25, 0.3) is 0 Å². The fourth-order valence-corrected chi connectivity index (χ4v) is 3.78. The second-order valence-corrected chi connectivity index (χ2v) is 7.55. The van der Waals surface area contributed by atoms with E-state index in [0.717, 1.165) is 28.8 Å². The van der Waals surface area contributed by atoms with E-state index in [1.54, 1.807) is 19.2 Å². The lowest BCUT2D eigenvalue weighted by atomic mass is 10.1. The van der Waals surface area contributed by atoms with Crippen molar-refractivity contribution in [2.24, 2.45) is 0 Å². The number of nitrogens with zero attached hydrogens (tertiary/aromatic N) is 1. The number of para-hydroxylation sites is 2. The third-order valence-electron chi connectivity index (χ3n) is 5.36. The van der Waals surface area contributed by atoms with Gasteiger partial charge in [0.15, 0.2) is 0 Å². The summed E-state index contributed by atoms with van der Waals surface area (Å²) in [5.74, 6) is 0.599. The Hall–Kier alpha value is -3.80. The number of hydrogen-bond acceptors (Lipinski definition) is 3. The summed E-state index contributed by atoms with van der Waals surface area (Å²) in [6, 6.07) is 20.6. The van der Waals surface area contributed by atoms with Gasteiger partial charge >= 0.3 is 6.03 Å². The van der Waals surface area contributed by atoms with Crippen molar-refractivity contribution >= 4 is 23.3 Å². The minimum absolute atomic E-state index is 0.00137. The van der Waals surface area contributed by atoms with Gasteiger partial charge in [-0.1, -0.05) is 42.0 Å². The summed E-state index contributed by atoms with van der Waals surface area (Å²) in [5, 5.41) is 5.66. The maximum Gasteiger partial charge on any atom is 0.319 e. The number of nitrogens with one attached hydrogen (secondary N) is 2. The second-order valence-electron chi connectivity index (χ2n) is 7.55. The highest BCUT2D eigenvalue weighted by Gasteiger charge is 2.26. The molecule has 1 aliphatic heterocycles. The Balaban J connectivity index is 1.44. The second kappa shape index (κ2) is 8.92. The number of aryl methyl sites for hydroxylation is 1. The van der Waals surface area contributed by atoms with Crippen LogP contribution in [0.3, 0.4) is 0 Å². The zero-order chi connectivity index (χ0) is 21.8. The molecule has 2 N–H and O–H groups in total. The molecule has 0 aromatic heterocycles. The molecule has 4 rings (SSSR count). The lowest BCUT2D eigenvalue weighted by Crippen LogP contribution is -2.29. The van der Waals surface area contributed by atoms with E-state index in [-0.39, 0.29) is 11.9 Å². The molecule has 1 heterocycles. The molecule has 0 unspecified atom stereocenters. The zero-order valence-corrected chi connectivity index (χ0v) is 17.6. The molecule has 0 aliphatic carbocycles. The predicted octanol–water partition coefficient (Wildman–Crippen LogP) is 4.53. The van der Waals surface area contributed by atoms with Crippen LogP contribution in [0.4, 0.5) is 16.2 Å². The van der Waals surface area contributed by atoms with Crippen LogP contribution in [0.5, 0.6) is 5.75 Å². The van der Waals surface area contributed by atoms with Gasteiger partial charge in [0.2, 0.25) is 0 Å². The van der Waals surface area contributed by atoms with Crippen LogP contribution in [0.2, 0.25) is 0 Å². The predicted molar refractivity (Wildman–Crippen MR) is 122 cm³/mol. The lowest BCUT2D eigenvalue weighted by molar-refractivity contribution is 0.0989. The summed E-state index contributed by atoms with van der Waals surface area (Å²) in [6.45, 7) is 2.99. The number of ether oxygens (including phenoxy) is 1. The van der Waals surface area contributed by atoms with E-state index in [1.807, 2.05) is 66.4 Å². The smallest absolute Gasteiger partial charge is 0.319 e. The molecule has 1 aliphatic rings. The van der Waals surface area contributed by atoms with Gasteiger partial charge in [0.25, 0.3) is 5.91 Å². The Morgan fingerprint density at radius 2 is 1.87 bits per heavy atom. The van der Waals surface area contributed by atoms with Crippen molar-refractivity contribution in [3.8, 4) is 5.75 Å². The molecule has 158 valence electrons. The third-order valence-corrected chi connectivity index (χ3v) is 5.36. The highest BCUT2D eigenvalue weighted by atomic mass is 16.5. The van der Waals surface area contributed by atoms with Crippen LogP contribution in [-0.2, 0) is 13.0 Å². The van der Waals surface area contributed by atoms with Gasteiger partial charge < -0.3 is 20.3 Å². The Morgan fingerprint density at radius 1 is 1.03 bits per heavy atom. The zero-order valence-electron chi connectivity index (χ0n) is 17.6. The summed E-state index contributed by atoms with van der Waals surface area (Å²) in [4.78, 5) is 27.2. The van der Waals surface area contributed by atoms with Crippen molar-refractivity contribution in [1.29, 1.82) is 0 Å². The number of carbonyl (C=O) groups is 2. The van der Waals surface area contributed by atoms with Crippen molar-refractivity contribution in [3.63, 3.8) is 0 Å². The molecule has 0 atom stereocenters. The SMILES string of the molecule is COc1ccccc1NC(=O)NCc1ccc2c(c1)N(C(=O)c1cccc(C)c1)CC2. The lowest BCUT2D eigenvalue weighted by Gasteiger charge is -2.18. The maximum absolute atomic E-state index is 13.0. The number of carbonyl (C=O) groups excluding carboxylic acids is 2. The van der Waals surface area contributed by atoms with Crippen molar-refractivity contribution < 1.29 is 14.3 Å². The van der Waals surface area contributed by atoms with Gasteiger partial charge in [-0.3, -0.25) is 4.79 Å². The number of amides is 3. The molecule has 0 saturated carbocycles. The summed E-state index contributed by atoms with van der Waals surface area (Å²) in [5.41, 5.74) is 5.33. The molecular weight excluding hydrogens is 390 g/mol. The van der Waals surface area contributed by atoms with Gasteiger partial charge in [-0.15, -0.1) is 0 Å². The van der Waals surface area contributed by atoms with E-state index in [4.69, 9.17) is 4.74 Å². The van der Waals surface area contributed by atoms with Gasteiger partial charge in [0.05, 0.1) is 12.8 Å². The number of anilines is 2. The van der Waals surface area contributed by atoms with Crippen LogP contribution in [0, 0.1) is 6.92 Å². The fourth-order valence-electron chi connectivity index (χ4n) is 3.78. The van der Waals surface area contributed by atoms with Crippen LogP contribution in [0.15, 0.2) is 66.7 Å².